The summed E-state index contributed by atoms with van der Waals surface area (Å²) in [6.07, 6.45) is 5.36. The second-order valence-corrected chi connectivity index (χ2v) is 7.90. The van der Waals surface area contributed by atoms with Crippen molar-refractivity contribution in [3.8, 4) is 17.3 Å². The van der Waals surface area contributed by atoms with Gasteiger partial charge in [-0.05, 0) is 36.2 Å². The van der Waals surface area contributed by atoms with Crippen LogP contribution in [0.5, 0.6) is 0 Å². The number of hydrogen-bond acceptors (Lipinski definition) is 6. The van der Waals surface area contributed by atoms with E-state index in [9.17, 15) is 13.7 Å². The minimum Gasteiger partial charge on any atom is -0.244 e. The highest BCUT2D eigenvalue weighted by atomic mass is 32.2. The lowest BCUT2D eigenvalue weighted by Crippen LogP contribution is -2.12. The van der Waals surface area contributed by atoms with E-state index in [1.165, 1.54) is 24.7 Å². The number of aryl methyl sites for hydroxylation is 1. The third-order valence-corrected chi connectivity index (χ3v) is 6.12. The Morgan fingerprint density at radius 1 is 1.14 bits per heavy atom. The van der Waals surface area contributed by atoms with Crippen LogP contribution in [0.2, 0.25) is 0 Å². The van der Waals surface area contributed by atoms with E-state index >= 15 is 0 Å². The second-order valence-electron chi connectivity index (χ2n) is 6.09. The van der Waals surface area contributed by atoms with Gasteiger partial charge in [-0.15, -0.1) is 0 Å². The SMILES string of the molecule is CCc1cncnc1-c1cn(S(=O)(=O)c2ccccc2)c2nc(C#N)ccc12. The van der Waals surface area contributed by atoms with Crippen molar-refractivity contribution in [2.24, 2.45) is 0 Å². The van der Waals surface area contributed by atoms with Gasteiger partial charge in [0.2, 0.25) is 0 Å². The molecule has 0 amide bonds. The number of hydrogen-bond donors (Lipinski definition) is 0. The number of fused-ring (bicyclic) bond motifs is 1. The zero-order valence-electron chi connectivity index (χ0n) is 14.9. The van der Waals surface area contributed by atoms with Crippen LogP contribution < -0.4 is 0 Å². The molecule has 0 bridgehead atoms. The van der Waals surface area contributed by atoms with Crippen LogP contribution in [0.1, 0.15) is 18.2 Å². The van der Waals surface area contributed by atoms with E-state index in [-0.39, 0.29) is 16.2 Å². The molecule has 3 aromatic heterocycles. The zero-order chi connectivity index (χ0) is 19.7. The highest BCUT2D eigenvalue weighted by Crippen LogP contribution is 2.33. The number of benzene rings is 1. The molecule has 0 atom stereocenters. The Morgan fingerprint density at radius 3 is 2.64 bits per heavy atom. The maximum Gasteiger partial charge on any atom is 0.269 e. The third kappa shape index (κ3) is 2.82. The molecule has 0 saturated heterocycles. The molecule has 0 saturated carbocycles. The van der Waals surface area contributed by atoms with E-state index in [2.05, 4.69) is 15.0 Å². The molecule has 138 valence electrons. The molecule has 0 N–H and O–H groups in total. The Kier molecular flexibility index (Phi) is 4.37. The predicted molar refractivity (Wildman–Crippen MR) is 104 cm³/mol. The molecule has 0 radical (unpaired) electrons. The van der Waals surface area contributed by atoms with Gasteiger partial charge in [-0.3, -0.25) is 0 Å². The molecule has 0 fully saturated rings. The van der Waals surface area contributed by atoms with Crippen molar-refractivity contribution in [2.75, 3.05) is 0 Å². The topological polar surface area (TPSA) is 102 Å². The fraction of sp³-hybridized carbons (Fsp3) is 0.100. The Bertz CT molecular complexity index is 1320. The van der Waals surface area contributed by atoms with E-state index < -0.39 is 10.0 Å². The first kappa shape index (κ1) is 17.8. The Balaban J connectivity index is 2.07. The van der Waals surface area contributed by atoms with Crippen LogP contribution in [0.3, 0.4) is 0 Å². The van der Waals surface area contributed by atoms with E-state index in [0.717, 1.165) is 9.54 Å². The molecule has 28 heavy (non-hydrogen) atoms. The van der Waals surface area contributed by atoms with Crippen molar-refractivity contribution in [3.63, 3.8) is 0 Å². The molecule has 4 aromatic rings. The van der Waals surface area contributed by atoms with Gasteiger partial charge in [0.05, 0.1) is 10.6 Å². The number of nitriles is 1. The van der Waals surface area contributed by atoms with Crippen LogP contribution in [-0.4, -0.2) is 27.3 Å². The summed E-state index contributed by atoms with van der Waals surface area (Å²) in [5, 5.41) is 9.83. The van der Waals surface area contributed by atoms with E-state index in [0.29, 0.717) is 23.1 Å². The lowest BCUT2D eigenvalue weighted by molar-refractivity contribution is 0.589. The minimum absolute atomic E-state index is 0.139. The molecule has 8 heteroatoms. The minimum atomic E-state index is -3.90. The van der Waals surface area contributed by atoms with Crippen molar-refractivity contribution in [1.29, 1.82) is 5.26 Å². The van der Waals surface area contributed by atoms with E-state index in [4.69, 9.17) is 0 Å². The van der Waals surface area contributed by atoms with Crippen molar-refractivity contribution < 1.29 is 8.42 Å². The lowest BCUT2D eigenvalue weighted by Gasteiger charge is -2.06. The van der Waals surface area contributed by atoms with Gasteiger partial charge >= 0.3 is 0 Å². The lowest BCUT2D eigenvalue weighted by atomic mass is 10.1. The highest BCUT2D eigenvalue weighted by molar-refractivity contribution is 7.90. The molecule has 7 nitrogen and oxygen atoms in total. The first-order valence-corrected chi connectivity index (χ1v) is 10.0. The first-order chi connectivity index (χ1) is 13.6. The summed E-state index contributed by atoms with van der Waals surface area (Å²) in [5.74, 6) is 0. The van der Waals surface area contributed by atoms with Crippen LogP contribution in [0, 0.1) is 11.3 Å². The van der Waals surface area contributed by atoms with Crippen LogP contribution in [-0.2, 0) is 16.4 Å². The number of rotatable bonds is 4. The third-order valence-electron chi connectivity index (χ3n) is 4.46. The Labute approximate surface area is 162 Å². The number of aromatic nitrogens is 4. The van der Waals surface area contributed by atoms with Gasteiger partial charge in [-0.25, -0.2) is 27.3 Å². The van der Waals surface area contributed by atoms with Crippen LogP contribution in [0.4, 0.5) is 0 Å². The highest BCUT2D eigenvalue weighted by Gasteiger charge is 2.24. The fourth-order valence-corrected chi connectivity index (χ4v) is 4.41. The molecular weight excluding hydrogens is 374 g/mol. The maximum atomic E-state index is 13.3. The van der Waals surface area contributed by atoms with Gasteiger partial charge in [0, 0.05) is 23.3 Å². The predicted octanol–water partition coefficient (Wildman–Crippen LogP) is 3.16. The molecule has 4 rings (SSSR count). The average molecular weight is 389 g/mol. The van der Waals surface area contributed by atoms with Gasteiger partial charge in [0.15, 0.2) is 5.65 Å². The van der Waals surface area contributed by atoms with Crippen molar-refractivity contribution in [1.82, 2.24) is 18.9 Å². The number of pyridine rings is 1. The largest absolute Gasteiger partial charge is 0.269 e. The smallest absolute Gasteiger partial charge is 0.244 e. The second kappa shape index (κ2) is 6.87. The molecule has 0 aliphatic rings. The summed E-state index contributed by atoms with van der Waals surface area (Å²) in [6.45, 7) is 1.98. The zero-order valence-corrected chi connectivity index (χ0v) is 15.8. The van der Waals surface area contributed by atoms with Crippen molar-refractivity contribution in [3.05, 3.63) is 72.4 Å². The molecule has 0 spiro atoms. The van der Waals surface area contributed by atoms with Gasteiger partial charge in [-0.2, -0.15) is 5.26 Å². The summed E-state index contributed by atoms with van der Waals surface area (Å²) in [7, 11) is -3.90. The average Bonchev–Trinajstić information content (AvgIpc) is 3.13. The van der Waals surface area contributed by atoms with E-state index in [1.54, 1.807) is 36.5 Å². The molecular formula is C20H15N5O2S. The van der Waals surface area contributed by atoms with Crippen LogP contribution in [0.15, 0.2) is 66.1 Å². The van der Waals surface area contributed by atoms with Crippen molar-refractivity contribution >= 4 is 21.1 Å². The first-order valence-electron chi connectivity index (χ1n) is 8.58. The molecule has 1 aromatic carbocycles. The van der Waals surface area contributed by atoms with Gasteiger partial charge in [0.25, 0.3) is 10.0 Å². The Hall–Kier alpha value is -3.57. The van der Waals surface area contributed by atoms with Crippen LogP contribution >= 0.6 is 0 Å². The monoisotopic (exact) mass is 389 g/mol. The summed E-state index contributed by atoms with van der Waals surface area (Å²) < 4.78 is 27.6. The van der Waals surface area contributed by atoms with Gasteiger partial charge in [0.1, 0.15) is 18.1 Å². The summed E-state index contributed by atoms with van der Waals surface area (Å²) in [5.41, 5.74) is 2.50. The summed E-state index contributed by atoms with van der Waals surface area (Å²) >= 11 is 0. The van der Waals surface area contributed by atoms with Gasteiger partial charge < -0.3 is 0 Å². The fourth-order valence-electron chi connectivity index (χ4n) is 3.07. The molecule has 0 aliphatic carbocycles. The van der Waals surface area contributed by atoms with E-state index in [1.807, 2.05) is 13.0 Å². The normalized spacial score (nSPS) is 11.4. The summed E-state index contributed by atoms with van der Waals surface area (Å²) in [4.78, 5) is 12.8. The molecule has 0 aliphatic heterocycles. The molecule has 3 heterocycles. The standard InChI is InChI=1S/C20H15N5O2S/c1-2-14-11-22-13-23-19(14)18-12-25(20-17(18)9-8-15(10-21)24-20)28(26,27)16-6-4-3-5-7-16/h3-9,11-13H,2H2,1H3. The molecule has 0 unspecified atom stereocenters. The Morgan fingerprint density at radius 2 is 1.93 bits per heavy atom. The van der Waals surface area contributed by atoms with Crippen molar-refractivity contribution in [2.45, 2.75) is 18.2 Å². The maximum absolute atomic E-state index is 13.3. The van der Waals surface area contributed by atoms with Gasteiger partial charge in [-0.1, -0.05) is 25.1 Å². The summed E-state index contributed by atoms with van der Waals surface area (Å²) in [6, 6.07) is 13.4. The quantitative estimate of drug-likeness (QED) is 0.531. The number of nitrogens with zero attached hydrogens (tertiary/aromatic N) is 5. The van der Waals surface area contributed by atoms with Crippen LogP contribution in [0.25, 0.3) is 22.3 Å².